The normalized spacial score (nSPS) is 10.8. The van der Waals surface area contributed by atoms with Gasteiger partial charge in [0.05, 0.1) is 10.4 Å². The van der Waals surface area contributed by atoms with Crippen molar-refractivity contribution >= 4 is 20.1 Å². The van der Waals surface area contributed by atoms with E-state index in [4.69, 9.17) is 0 Å². The van der Waals surface area contributed by atoms with Gasteiger partial charge in [-0.1, -0.05) is 5.20 Å². The maximum atomic E-state index is 3.77. The molecule has 0 aliphatic heterocycles. The van der Waals surface area contributed by atoms with Gasteiger partial charge in [-0.15, -0.1) is 6.58 Å². The summed E-state index contributed by atoms with van der Waals surface area (Å²) in [5, 5.41) is 1.35. The van der Waals surface area contributed by atoms with Crippen LogP contribution in [-0.4, -0.2) is 20.1 Å². The second-order valence-electron chi connectivity index (χ2n) is 1.49. The molecule has 0 saturated heterocycles. The van der Waals surface area contributed by atoms with Crippen LogP contribution in [0.25, 0.3) is 0 Å². The van der Waals surface area contributed by atoms with Crippen molar-refractivity contribution in [3.05, 3.63) is 11.8 Å². The van der Waals surface area contributed by atoms with Gasteiger partial charge in [-0.25, -0.2) is 0 Å². The summed E-state index contributed by atoms with van der Waals surface area (Å²) >= 11 is 0. The van der Waals surface area contributed by atoms with Gasteiger partial charge in [0, 0.05) is 0 Å². The number of hydrogen-bond donors (Lipinski definition) is 1. The first-order chi connectivity index (χ1) is 2.77. The lowest BCUT2D eigenvalue weighted by molar-refractivity contribution is 1.56. The molecule has 0 spiro atoms. The lowest BCUT2D eigenvalue weighted by Crippen LogP contribution is -2.14. The second-order valence-corrected chi connectivity index (χ2v) is 5.88. The van der Waals surface area contributed by atoms with Crippen molar-refractivity contribution in [3.8, 4) is 0 Å². The van der Waals surface area contributed by atoms with Crippen LogP contribution in [-0.2, 0) is 0 Å². The van der Waals surface area contributed by atoms with Gasteiger partial charge in [0.15, 0.2) is 0 Å². The first-order valence-corrected chi connectivity index (χ1v) is 4.47. The number of rotatable bonds is 2. The molecule has 1 N–H and O–H groups in total. The summed E-state index contributed by atoms with van der Waals surface area (Å²) in [5.74, 6) is 0. The van der Waals surface area contributed by atoms with Gasteiger partial charge in [-0.3, -0.25) is 0 Å². The van der Waals surface area contributed by atoms with E-state index in [-0.39, 0.29) is 9.68 Å². The van der Waals surface area contributed by atoms with E-state index in [1.165, 1.54) is 5.20 Å². The molecule has 0 aromatic carbocycles. The molecule has 0 aromatic rings. The SMILES string of the molecule is C=C(C)[SiH2]N[SiH3]. The minimum Gasteiger partial charge on any atom is -0.368 e. The number of nitrogens with one attached hydrogen (secondary N) is 1. The van der Waals surface area contributed by atoms with Crippen molar-refractivity contribution < 1.29 is 0 Å². The van der Waals surface area contributed by atoms with Gasteiger partial charge in [0.1, 0.15) is 9.68 Å². The topological polar surface area (TPSA) is 12.0 Å². The van der Waals surface area contributed by atoms with E-state index in [9.17, 15) is 0 Å². The molecule has 0 atom stereocenters. The molecular formula is C3H11NSi2. The highest BCUT2D eigenvalue weighted by molar-refractivity contribution is 6.49. The summed E-state index contributed by atoms with van der Waals surface area (Å²) in [6.07, 6.45) is 0. The monoisotopic (exact) mass is 117 g/mol. The van der Waals surface area contributed by atoms with E-state index in [0.29, 0.717) is 0 Å². The van der Waals surface area contributed by atoms with Crippen LogP contribution in [0.5, 0.6) is 0 Å². The molecule has 0 saturated carbocycles. The quantitative estimate of drug-likeness (QED) is 0.433. The van der Waals surface area contributed by atoms with E-state index < -0.39 is 0 Å². The maximum absolute atomic E-state index is 3.77. The Balaban J connectivity index is 2.83. The fourth-order valence-corrected chi connectivity index (χ4v) is 2.72. The fourth-order valence-electron chi connectivity index (χ4n) is 0.302. The van der Waals surface area contributed by atoms with Gasteiger partial charge in [0.25, 0.3) is 0 Å². The third kappa shape index (κ3) is 4.13. The van der Waals surface area contributed by atoms with Crippen LogP contribution in [0.2, 0.25) is 0 Å². The molecule has 0 aliphatic carbocycles. The molecule has 6 heavy (non-hydrogen) atoms. The average Bonchev–Trinajstić information content (AvgIpc) is 1.35. The summed E-state index contributed by atoms with van der Waals surface area (Å²) in [7, 11) is 1.11. The summed E-state index contributed by atoms with van der Waals surface area (Å²) in [6.45, 7) is 5.85. The van der Waals surface area contributed by atoms with Crippen molar-refractivity contribution in [1.82, 2.24) is 4.65 Å². The lowest BCUT2D eigenvalue weighted by atomic mass is 10.8. The Labute approximate surface area is 44.2 Å². The molecule has 0 aliphatic rings. The Bertz CT molecular complexity index is 52.8. The highest BCUT2D eigenvalue weighted by Gasteiger charge is 1.76. The standard InChI is InChI=1S/C3H11NSi2/c1-3(2)6-4-5/h4H,1,6H2,2,5H3. The Morgan fingerprint density at radius 2 is 2.50 bits per heavy atom. The van der Waals surface area contributed by atoms with Gasteiger partial charge in [0.2, 0.25) is 0 Å². The van der Waals surface area contributed by atoms with Gasteiger partial charge in [-0.2, -0.15) is 0 Å². The molecule has 3 heteroatoms. The van der Waals surface area contributed by atoms with Crippen LogP contribution in [0.15, 0.2) is 11.8 Å². The van der Waals surface area contributed by atoms with Crippen LogP contribution in [0.1, 0.15) is 6.92 Å². The molecular weight excluding hydrogens is 106 g/mol. The minimum absolute atomic E-state index is 0.0262. The molecule has 0 amide bonds. The van der Waals surface area contributed by atoms with Crippen LogP contribution < -0.4 is 4.65 Å². The maximum Gasteiger partial charge on any atom is 0.111 e. The zero-order valence-corrected chi connectivity index (χ0v) is 7.83. The van der Waals surface area contributed by atoms with E-state index in [1.54, 1.807) is 0 Å². The van der Waals surface area contributed by atoms with E-state index in [1.807, 2.05) is 0 Å². The first-order valence-electron chi connectivity index (χ1n) is 2.06. The van der Waals surface area contributed by atoms with E-state index in [2.05, 4.69) is 18.2 Å². The highest BCUT2D eigenvalue weighted by Crippen LogP contribution is 1.73. The Morgan fingerprint density at radius 3 is 2.50 bits per heavy atom. The average molecular weight is 117 g/mol. The predicted molar refractivity (Wildman–Crippen MR) is 36.4 cm³/mol. The summed E-state index contributed by atoms with van der Waals surface area (Å²) in [5.41, 5.74) is 0. The molecule has 1 nitrogen and oxygen atoms in total. The molecule has 0 rings (SSSR count). The molecule has 0 fully saturated rings. The Morgan fingerprint density at radius 1 is 2.00 bits per heavy atom. The van der Waals surface area contributed by atoms with E-state index in [0.717, 1.165) is 10.4 Å². The number of hydrogen-bond acceptors (Lipinski definition) is 1. The van der Waals surface area contributed by atoms with Crippen LogP contribution in [0, 0.1) is 0 Å². The summed E-state index contributed by atoms with van der Waals surface area (Å²) in [4.78, 5) is 0. The lowest BCUT2D eigenvalue weighted by Gasteiger charge is -1.89. The van der Waals surface area contributed by atoms with Gasteiger partial charge < -0.3 is 4.65 Å². The molecule has 0 bridgehead atoms. The largest absolute Gasteiger partial charge is 0.368 e. The van der Waals surface area contributed by atoms with Crippen molar-refractivity contribution in [2.24, 2.45) is 0 Å². The molecule has 0 unspecified atom stereocenters. The molecule has 0 radical (unpaired) electrons. The second kappa shape index (κ2) is 3.33. The Kier molecular flexibility index (Phi) is 3.40. The van der Waals surface area contributed by atoms with Crippen LogP contribution in [0.3, 0.4) is 0 Å². The smallest absolute Gasteiger partial charge is 0.111 e. The van der Waals surface area contributed by atoms with Crippen molar-refractivity contribution in [1.29, 1.82) is 0 Å². The van der Waals surface area contributed by atoms with Crippen molar-refractivity contribution in [2.45, 2.75) is 6.92 Å². The summed E-state index contributed by atoms with van der Waals surface area (Å²) in [6, 6.07) is 0. The zero-order chi connectivity index (χ0) is 4.99. The fraction of sp³-hybridized carbons (Fsp3) is 0.333. The third-order valence-corrected chi connectivity index (χ3v) is 2.50. The van der Waals surface area contributed by atoms with Crippen LogP contribution in [0.4, 0.5) is 0 Å². The molecule has 0 aromatic heterocycles. The Hall–Kier alpha value is 0.134. The van der Waals surface area contributed by atoms with Crippen molar-refractivity contribution in [3.63, 3.8) is 0 Å². The van der Waals surface area contributed by atoms with Crippen molar-refractivity contribution in [2.75, 3.05) is 0 Å². The third-order valence-electron chi connectivity index (χ3n) is 0.479. The highest BCUT2D eigenvalue weighted by atomic mass is 28.3. The van der Waals surface area contributed by atoms with E-state index >= 15 is 0 Å². The summed E-state index contributed by atoms with van der Waals surface area (Å²) < 4.78 is 3.25. The minimum atomic E-state index is -0.0262. The van der Waals surface area contributed by atoms with Gasteiger partial charge in [-0.05, 0) is 6.92 Å². The first kappa shape index (κ1) is 6.13. The molecule has 36 valence electrons. The predicted octanol–water partition coefficient (Wildman–Crippen LogP) is -1.53. The zero-order valence-electron chi connectivity index (χ0n) is 4.41. The number of allylic oxidation sites excluding steroid dienone is 1. The van der Waals surface area contributed by atoms with Gasteiger partial charge >= 0.3 is 0 Å². The molecule has 0 heterocycles. The van der Waals surface area contributed by atoms with Crippen LogP contribution >= 0.6 is 0 Å².